The second-order valence-corrected chi connectivity index (χ2v) is 10.3. The Balaban J connectivity index is 2.20. The van der Waals surface area contributed by atoms with Crippen LogP contribution in [0, 0.1) is 0 Å². The van der Waals surface area contributed by atoms with Crippen molar-refractivity contribution in [1.29, 1.82) is 0 Å². The molecule has 4 nitrogen and oxygen atoms in total. The molecule has 1 N–H and O–H groups in total. The van der Waals surface area contributed by atoms with Crippen molar-refractivity contribution in [1.82, 2.24) is 10.2 Å². The van der Waals surface area contributed by atoms with Gasteiger partial charge in [0.2, 0.25) is 11.8 Å². The van der Waals surface area contributed by atoms with E-state index >= 15 is 0 Å². The number of hydrogen-bond acceptors (Lipinski definition) is 3. The van der Waals surface area contributed by atoms with Crippen LogP contribution < -0.4 is 5.32 Å². The Morgan fingerprint density at radius 3 is 2.25 bits per heavy atom. The van der Waals surface area contributed by atoms with Crippen LogP contribution in [0.3, 0.4) is 0 Å². The van der Waals surface area contributed by atoms with E-state index in [9.17, 15) is 9.59 Å². The lowest BCUT2D eigenvalue weighted by molar-refractivity contribution is -0.139. The maximum absolute atomic E-state index is 13.3. The van der Waals surface area contributed by atoms with Gasteiger partial charge >= 0.3 is 0 Å². The Morgan fingerprint density at radius 2 is 1.69 bits per heavy atom. The van der Waals surface area contributed by atoms with Gasteiger partial charge in [0, 0.05) is 38.4 Å². The molecule has 0 aliphatic carbocycles. The standard InChI is InChI=1S/C24H29BrCl2N2O2S/c1-4-16(3)28-24(31)22(5-2)29(13-19-20(26)7-6-8-21(19)27)23(30)15-32-14-17-9-11-18(25)12-10-17/h6-12,16,22H,4-5,13-15H2,1-3H3,(H,28,31)/t16-,22+/m1/s1. The number of halogens is 3. The minimum Gasteiger partial charge on any atom is -0.352 e. The highest BCUT2D eigenvalue weighted by molar-refractivity contribution is 9.10. The van der Waals surface area contributed by atoms with Gasteiger partial charge in [0.05, 0.1) is 5.75 Å². The average Bonchev–Trinajstić information content (AvgIpc) is 2.76. The summed E-state index contributed by atoms with van der Waals surface area (Å²) in [4.78, 5) is 27.9. The van der Waals surface area contributed by atoms with E-state index in [-0.39, 0.29) is 30.2 Å². The van der Waals surface area contributed by atoms with Crippen molar-refractivity contribution in [2.24, 2.45) is 0 Å². The number of nitrogens with zero attached hydrogens (tertiary/aromatic N) is 1. The van der Waals surface area contributed by atoms with Crippen molar-refractivity contribution in [3.63, 3.8) is 0 Å². The number of thioether (sulfide) groups is 1. The highest BCUT2D eigenvalue weighted by Crippen LogP contribution is 2.27. The monoisotopic (exact) mass is 558 g/mol. The average molecular weight is 560 g/mol. The molecule has 0 bridgehead atoms. The summed E-state index contributed by atoms with van der Waals surface area (Å²) in [6.07, 6.45) is 1.31. The Morgan fingerprint density at radius 1 is 1.06 bits per heavy atom. The highest BCUT2D eigenvalue weighted by atomic mass is 79.9. The molecule has 0 saturated heterocycles. The van der Waals surface area contributed by atoms with Gasteiger partial charge in [-0.1, -0.05) is 71.2 Å². The van der Waals surface area contributed by atoms with E-state index in [1.54, 1.807) is 23.1 Å². The van der Waals surface area contributed by atoms with Gasteiger partial charge in [-0.3, -0.25) is 9.59 Å². The van der Waals surface area contributed by atoms with Crippen LogP contribution in [-0.4, -0.2) is 34.6 Å². The third-order valence-electron chi connectivity index (χ3n) is 5.18. The number of nitrogens with one attached hydrogen (secondary N) is 1. The lowest BCUT2D eigenvalue weighted by Gasteiger charge is -2.32. The summed E-state index contributed by atoms with van der Waals surface area (Å²) >= 11 is 17.7. The first-order valence-electron chi connectivity index (χ1n) is 10.6. The largest absolute Gasteiger partial charge is 0.352 e. The van der Waals surface area contributed by atoms with Gasteiger partial charge in [-0.25, -0.2) is 0 Å². The van der Waals surface area contributed by atoms with Gasteiger partial charge < -0.3 is 10.2 Å². The molecule has 0 aliphatic heterocycles. The number of carbonyl (C=O) groups excluding carboxylic acids is 2. The van der Waals surface area contributed by atoms with E-state index in [4.69, 9.17) is 23.2 Å². The molecule has 0 heterocycles. The van der Waals surface area contributed by atoms with Crippen LogP contribution in [-0.2, 0) is 21.9 Å². The summed E-state index contributed by atoms with van der Waals surface area (Å²) in [5, 5.41) is 3.97. The van der Waals surface area contributed by atoms with Crippen molar-refractivity contribution < 1.29 is 9.59 Å². The summed E-state index contributed by atoms with van der Waals surface area (Å²) in [5.41, 5.74) is 1.78. The Hall–Kier alpha value is -1.21. The molecule has 2 aromatic carbocycles. The van der Waals surface area contributed by atoms with Gasteiger partial charge in [-0.05, 0) is 49.6 Å². The minimum absolute atomic E-state index is 0.0317. The van der Waals surface area contributed by atoms with Crippen LogP contribution in [0.1, 0.15) is 44.7 Å². The van der Waals surface area contributed by atoms with Gasteiger partial charge in [0.25, 0.3) is 0 Å². The fourth-order valence-electron chi connectivity index (χ4n) is 3.13. The lowest BCUT2D eigenvalue weighted by Crippen LogP contribution is -2.51. The molecule has 0 unspecified atom stereocenters. The first-order chi connectivity index (χ1) is 15.3. The number of hydrogen-bond donors (Lipinski definition) is 1. The quantitative estimate of drug-likeness (QED) is 0.333. The van der Waals surface area contributed by atoms with Gasteiger partial charge in [-0.15, -0.1) is 11.8 Å². The fraction of sp³-hybridized carbons (Fsp3) is 0.417. The molecule has 0 fully saturated rings. The molecule has 0 aromatic heterocycles. The SMILES string of the molecule is CC[C@@H](C)NC(=O)[C@H](CC)N(Cc1c(Cl)cccc1Cl)C(=O)CSCc1ccc(Br)cc1. The van der Waals surface area contributed by atoms with Gasteiger partial charge in [0.15, 0.2) is 0 Å². The van der Waals surface area contributed by atoms with E-state index in [0.717, 1.165) is 16.5 Å². The van der Waals surface area contributed by atoms with E-state index < -0.39 is 6.04 Å². The highest BCUT2D eigenvalue weighted by Gasteiger charge is 2.30. The zero-order valence-electron chi connectivity index (χ0n) is 18.5. The van der Waals surface area contributed by atoms with Crippen LogP contribution >= 0.6 is 50.9 Å². The molecule has 8 heteroatoms. The van der Waals surface area contributed by atoms with Crippen molar-refractivity contribution in [2.75, 3.05) is 5.75 Å². The van der Waals surface area contributed by atoms with Crippen LogP contribution in [0.25, 0.3) is 0 Å². The third kappa shape index (κ3) is 7.98. The smallest absolute Gasteiger partial charge is 0.243 e. The number of carbonyl (C=O) groups is 2. The fourth-order valence-corrected chi connectivity index (χ4v) is 4.79. The molecule has 174 valence electrons. The summed E-state index contributed by atoms with van der Waals surface area (Å²) in [6, 6.07) is 12.7. The maximum atomic E-state index is 13.3. The molecule has 2 rings (SSSR count). The summed E-state index contributed by atoms with van der Waals surface area (Å²) < 4.78 is 1.02. The molecular weight excluding hydrogens is 531 g/mol. The van der Waals surface area contributed by atoms with Crippen molar-refractivity contribution >= 4 is 62.7 Å². The number of benzene rings is 2. The zero-order valence-corrected chi connectivity index (χ0v) is 22.5. The van der Waals surface area contributed by atoms with Crippen molar-refractivity contribution in [3.05, 3.63) is 68.1 Å². The predicted molar refractivity (Wildman–Crippen MR) is 139 cm³/mol. The second-order valence-electron chi connectivity index (χ2n) is 7.58. The summed E-state index contributed by atoms with van der Waals surface area (Å²) in [5.74, 6) is 0.686. The van der Waals surface area contributed by atoms with Crippen LogP contribution in [0.4, 0.5) is 0 Å². The Labute approximate surface area is 213 Å². The minimum atomic E-state index is -0.600. The second kappa shape index (κ2) is 13.5. The molecule has 0 radical (unpaired) electrons. The van der Waals surface area contributed by atoms with E-state index in [1.807, 2.05) is 45.0 Å². The number of amides is 2. The molecular formula is C24H29BrCl2N2O2S. The normalized spacial score (nSPS) is 12.8. The molecule has 0 saturated carbocycles. The van der Waals surface area contributed by atoms with Crippen LogP contribution in [0.5, 0.6) is 0 Å². The maximum Gasteiger partial charge on any atom is 0.243 e. The molecule has 0 spiro atoms. The topological polar surface area (TPSA) is 49.4 Å². The molecule has 2 aromatic rings. The first kappa shape index (κ1) is 27.0. The van der Waals surface area contributed by atoms with Crippen molar-refractivity contribution in [3.8, 4) is 0 Å². The molecule has 2 atom stereocenters. The van der Waals surface area contributed by atoms with Crippen molar-refractivity contribution in [2.45, 2.75) is 58.0 Å². The van der Waals surface area contributed by atoms with E-state index in [0.29, 0.717) is 27.8 Å². The van der Waals surface area contributed by atoms with Gasteiger partial charge in [-0.2, -0.15) is 0 Å². The van der Waals surface area contributed by atoms with Gasteiger partial charge in [0.1, 0.15) is 6.04 Å². The third-order valence-corrected chi connectivity index (χ3v) is 7.41. The Bertz CT molecular complexity index is 891. The van der Waals surface area contributed by atoms with E-state index in [1.165, 1.54) is 11.8 Å². The zero-order chi connectivity index (χ0) is 23.7. The molecule has 2 amide bonds. The first-order valence-corrected chi connectivity index (χ1v) is 13.3. The summed E-state index contributed by atoms with van der Waals surface area (Å²) in [7, 11) is 0. The van der Waals surface area contributed by atoms with E-state index in [2.05, 4.69) is 21.2 Å². The number of rotatable bonds is 11. The van der Waals surface area contributed by atoms with Crippen LogP contribution in [0.15, 0.2) is 46.9 Å². The lowest BCUT2D eigenvalue weighted by atomic mass is 10.1. The molecule has 32 heavy (non-hydrogen) atoms. The van der Waals surface area contributed by atoms with Crippen LogP contribution in [0.2, 0.25) is 10.0 Å². The molecule has 0 aliphatic rings. The Kier molecular flexibility index (Phi) is 11.4. The summed E-state index contributed by atoms with van der Waals surface area (Å²) in [6.45, 7) is 6.06. The predicted octanol–water partition coefficient (Wildman–Crippen LogP) is 6.71.